The van der Waals surface area contributed by atoms with Gasteiger partial charge in [-0.05, 0) is 56.0 Å². The van der Waals surface area contributed by atoms with Gasteiger partial charge in [-0.25, -0.2) is 8.42 Å². The number of ether oxygens (including phenoxy) is 3. The van der Waals surface area contributed by atoms with Crippen molar-refractivity contribution in [3.05, 3.63) is 48.0 Å². The lowest BCUT2D eigenvalue weighted by Gasteiger charge is -2.31. The molecule has 1 heterocycles. The van der Waals surface area contributed by atoms with Crippen LogP contribution in [0.15, 0.2) is 42.5 Å². The van der Waals surface area contributed by atoms with E-state index < -0.39 is 16.1 Å². The third-order valence-electron chi connectivity index (χ3n) is 7.60. The molecule has 0 aromatic heterocycles. The quantitative estimate of drug-likeness (QED) is 0.401. The number of carbonyl (C=O) groups is 2. The first-order valence-electron chi connectivity index (χ1n) is 14.3. The minimum atomic E-state index is -3.63. The highest BCUT2D eigenvalue weighted by Crippen LogP contribution is 2.35. The standard InChI is InChI=1S/C30H41N3O7S/c1-22(30(35)31-24-8-5-4-6-9-24)32(21-23-11-14-26(38-2)15-12-23)29(34)10-7-17-33(41(3,36)37)25-13-16-27-28(20-25)40-19-18-39-27/h11-16,20,22,24H,4-10,17-19,21H2,1-3H3,(H,31,35). The Morgan fingerprint density at radius 2 is 1.71 bits per heavy atom. The maximum absolute atomic E-state index is 13.6. The molecule has 1 aliphatic carbocycles. The fraction of sp³-hybridized carbons (Fsp3) is 0.533. The van der Waals surface area contributed by atoms with Crippen LogP contribution < -0.4 is 23.8 Å². The molecule has 1 fully saturated rings. The topological polar surface area (TPSA) is 114 Å². The molecule has 1 unspecified atom stereocenters. The van der Waals surface area contributed by atoms with E-state index in [1.54, 1.807) is 37.1 Å². The summed E-state index contributed by atoms with van der Waals surface area (Å²) in [6, 6.07) is 11.8. The molecule has 41 heavy (non-hydrogen) atoms. The molecule has 11 heteroatoms. The highest BCUT2D eigenvalue weighted by atomic mass is 32.2. The van der Waals surface area contributed by atoms with Gasteiger partial charge < -0.3 is 24.4 Å². The first-order valence-corrected chi connectivity index (χ1v) is 16.1. The van der Waals surface area contributed by atoms with Gasteiger partial charge in [0.2, 0.25) is 21.8 Å². The summed E-state index contributed by atoms with van der Waals surface area (Å²) in [5, 5.41) is 3.14. The molecule has 0 spiro atoms. The van der Waals surface area contributed by atoms with Gasteiger partial charge in [-0.1, -0.05) is 31.4 Å². The van der Waals surface area contributed by atoms with Gasteiger partial charge in [-0.3, -0.25) is 13.9 Å². The van der Waals surface area contributed by atoms with E-state index in [0.717, 1.165) is 37.5 Å². The average Bonchev–Trinajstić information content (AvgIpc) is 2.97. The van der Waals surface area contributed by atoms with Crippen LogP contribution in [0, 0.1) is 0 Å². The van der Waals surface area contributed by atoms with E-state index in [-0.39, 0.29) is 43.8 Å². The lowest BCUT2D eigenvalue weighted by atomic mass is 9.95. The summed E-state index contributed by atoms with van der Waals surface area (Å²) in [7, 11) is -2.04. The van der Waals surface area contributed by atoms with Crippen molar-refractivity contribution in [3.8, 4) is 17.2 Å². The Kier molecular flexibility index (Phi) is 10.4. The summed E-state index contributed by atoms with van der Waals surface area (Å²) in [6.45, 7) is 2.93. The molecule has 2 amide bonds. The van der Waals surface area contributed by atoms with Crippen LogP contribution in [0.5, 0.6) is 17.2 Å². The van der Waals surface area contributed by atoms with Crippen molar-refractivity contribution < 1.29 is 32.2 Å². The van der Waals surface area contributed by atoms with E-state index in [9.17, 15) is 18.0 Å². The van der Waals surface area contributed by atoms with Gasteiger partial charge in [0.25, 0.3) is 0 Å². The Morgan fingerprint density at radius 1 is 1.02 bits per heavy atom. The Bertz CT molecular complexity index is 1290. The number of anilines is 1. The molecule has 1 saturated carbocycles. The molecule has 10 nitrogen and oxygen atoms in total. The molecular weight excluding hydrogens is 546 g/mol. The molecule has 2 aromatic carbocycles. The van der Waals surface area contributed by atoms with Crippen molar-refractivity contribution in [2.45, 2.75) is 70.5 Å². The second-order valence-electron chi connectivity index (χ2n) is 10.7. The van der Waals surface area contributed by atoms with E-state index in [4.69, 9.17) is 14.2 Å². The Hall–Kier alpha value is -3.47. The second kappa shape index (κ2) is 13.9. The molecule has 2 aliphatic rings. The molecule has 1 N–H and O–H groups in total. The molecular formula is C30H41N3O7S. The number of fused-ring (bicyclic) bond motifs is 1. The SMILES string of the molecule is COc1ccc(CN(C(=O)CCCN(c2ccc3c(c2)OCCO3)S(C)(=O)=O)C(C)C(=O)NC2CCCCC2)cc1. The largest absolute Gasteiger partial charge is 0.497 e. The van der Waals surface area contributed by atoms with E-state index in [1.807, 2.05) is 24.3 Å². The minimum absolute atomic E-state index is 0.0772. The predicted octanol–water partition coefficient (Wildman–Crippen LogP) is 3.88. The fourth-order valence-corrected chi connectivity index (χ4v) is 6.23. The van der Waals surface area contributed by atoms with Gasteiger partial charge in [0.05, 0.1) is 19.1 Å². The van der Waals surface area contributed by atoms with E-state index >= 15 is 0 Å². The lowest BCUT2D eigenvalue weighted by Crippen LogP contribution is -2.50. The third-order valence-corrected chi connectivity index (χ3v) is 8.79. The Balaban J connectivity index is 1.45. The van der Waals surface area contributed by atoms with Gasteiger partial charge in [-0.15, -0.1) is 0 Å². The number of hydrogen-bond donors (Lipinski definition) is 1. The van der Waals surface area contributed by atoms with Gasteiger partial charge >= 0.3 is 0 Å². The Morgan fingerprint density at radius 3 is 2.37 bits per heavy atom. The van der Waals surface area contributed by atoms with Crippen LogP contribution in [0.3, 0.4) is 0 Å². The summed E-state index contributed by atoms with van der Waals surface area (Å²) in [5.41, 5.74) is 1.31. The van der Waals surface area contributed by atoms with Crippen molar-refractivity contribution in [2.24, 2.45) is 0 Å². The van der Waals surface area contributed by atoms with Gasteiger partial charge in [0.1, 0.15) is 25.0 Å². The van der Waals surface area contributed by atoms with Crippen molar-refractivity contribution in [1.82, 2.24) is 10.2 Å². The van der Waals surface area contributed by atoms with Crippen LogP contribution in [0.2, 0.25) is 0 Å². The van der Waals surface area contributed by atoms with Crippen molar-refractivity contribution >= 4 is 27.5 Å². The van der Waals surface area contributed by atoms with Gasteiger partial charge in [0, 0.05) is 31.6 Å². The Labute approximate surface area is 243 Å². The number of carbonyl (C=O) groups excluding carboxylic acids is 2. The number of amides is 2. The smallest absolute Gasteiger partial charge is 0.242 e. The van der Waals surface area contributed by atoms with Crippen molar-refractivity contribution in [1.29, 1.82) is 0 Å². The molecule has 0 saturated heterocycles. The zero-order valence-corrected chi connectivity index (χ0v) is 25.0. The monoisotopic (exact) mass is 587 g/mol. The molecule has 2 aromatic rings. The highest BCUT2D eigenvalue weighted by molar-refractivity contribution is 7.92. The highest BCUT2D eigenvalue weighted by Gasteiger charge is 2.29. The zero-order chi connectivity index (χ0) is 29.4. The van der Waals surface area contributed by atoms with Crippen LogP contribution in [0.1, 0.15) is 57.4 Å². The predicted molar refractivity (Wildman–Crippen MR) is 157 cm³/mol. The maximum atomic E-state index is 13.6. The molecule has 0 radical (unpaired) electrons. The molecule has 1 atom stereocenters. The zero-order valence-electron chi connectivity index (χ0n) is 24.1. The third kappa shape index (κ3) is 8.28. The maximum Gasteiger partial charge on any atom is 0.242 e. The number of sulfonamides is 1. The van der Waals surface area contributed by atoms with Crippen molar-refractivity contribution in [2.75, 3.05) is 37.4 Å². The minimum Gasteiger partial charge on any atom is -0.497 e. The van der Waals surface area contributed by atoms with Crippen LogP contribution >= 0.6 is 0 Å². The fourth-order valence-electron chi connectivity index (χ4n) is 5.27. The number of methoxy groups -OCH3 is 1. The number of nitrogens with one attached hydrogen (secondary N) is 1. The molecule has 1 aliphatic heterocycles. The van der Waals surface area contributed by atoms with Crippen LogP contribution in [-0.4, -0.2) is 70.3 Å². The van der Waals surface area contributed by atoms with Crippen LogP contribution in [0.4, 0.5) is 5.69 Å². The molecule has 0 bridgehead atoms. The van der Waals surface area contributed by atoms with Crippen molar-refractivity contribution in [3.63, 3.8) is 0 Å². The van der Waals surface area contributed by atoms with E-state index in [0.29, 0.717) is 36.1 Å². The lowest BCUT2D eigenvalue weighted by molar-refractivity contribution is -0.141. The van der Waals surface area contributed by atoms with Gasteiger partial charge in [-0.2, -0.15) is 0 Å². The average molecular weight is 588 g/mol. The molecule has 224 valence electrons. The summed E-state index contributed by atoms with van der Waals surface area (Å²) < 4.78 is 43.1. The van der Waals surface area contributed by atoms with Crippen LogP contribution in [-0.2, 0) is 26.2 Å². The first kappa shape index (κ1) is 30.5. The summed E-state index contributed by atoms with van der Waals surface area (Å²) in [6.07, 6.45) is 6.75. The van der Waals surface area contributed by atoms with E-state index in [2.05, 4.69) is 5.32 Å². The number of benzene rings is 2. The van der Waals surface area contributed by atoms with Gasteiger partial charge in [0.15, 0.2) is 11.5 Å². The number of hydrogen-bond acceptors (Lipinski definition) is 7. The summed E-state index contributed by atoms with van der Waals surface area (Å²) >= 11 is 0. The molecule has 4 rings (SSSR count). The van der Waals surface area contributed by atoms with E-state index in [1.165, 1.54) is 10.7 Å². The normalized spacial score (nSPS) is 16.0. The number of nitrogens with zero attached hydrogens (tertiary/aromatic N) is 2. The number of rotatable bonds is 12. The second-order valence-corrected chi connectivity index (χ2v) is 12.6. The summed E-state index contributed by atoms with van der Waals surface area (Å²) in [5.74, 6) is 1.37. The summed E-state index contributed by atoms with van der Waals surface area (Å²) in [4.78, 5) is 28.4. The van der Waals surface area contributed by atoms with Crippen LogP contribution in [0.25, 0.3) is 0 Å². The first-order chi connectivity index (χ1) is 19.7.